The third-order valence-corrected chi connectivity index (χ3v) is 3.56. The summed E-state index contributed by atoms with van der Waals surface area (Å²) in [6.45, 7) is 3.43. The Morgan fingerprint density at radius 1 is 1.40 bits per heavy atom. The van der Waals surface area contributed by atoms with E-state index in [9.17, 15) is 4.79 Å². The smallest absolute Gasteiger partial charge is 0.320 e. The highest BCUT2D eigenvalue weighted by atomic mass is 16.5. The van der Waals surface area contributed by atoms with Crippen LogP contribution in [0.1, 0.15) is 24.8 Å². The highest BCUT2D eigenvalue weighted by molar-refractivity contribution is 5.71. The number of esters is 1. The number of carbonyl (C=O) groups is 1. The fourth-order valence-electron chi connectivity index (χ4n) is 2.60. The lowest BCUT2D eigenvalue weighted by molar-refractivity contribution is -0.144. The molecule has 0 bridgehead atoms. The number of likely N-dealkylation sites (tertiary alicyclic amines) is 1. The maximum atomic E-state index is 11.2. The molecule has 1 aliphatic heterocycles. The first-order valence-corrected chi connectivity index (χ1v) is 7.07. The van der Waals surface area contributed by atoms with Crippen molar-refractivity contribution in [3.8, 4) is 6.07 Å². The Balaban J connectivity index is 1.77. The number of carbonyl (C=O) groups excluding carboxylic acids is 1. The number of ether oxygens (including phenoxy) is 1. The monoisotopic (exact) mass is 272 g/mol. The number of hydrogen-bond acceptors (Lipinski definition) is 4. The molecule has 0 radical (unpaired) electrons. The van der Waals surface area contributed by atoms with E-state index in [0.29, 0.717) is 12.5 Å². The number of benzene rings is 1. The van der Waals surface area contributed by atoms with Crippen molar-refractivity contribution in [3.05, 3.63) is 35.9 Å². The second kappa shape index (κ2) is 7.66. The Morgan fingerprint density at radius 3 is 2.95 bits per heavy atom. The van der Waals surface area contributed by atoms with Gasteiger partial charge in [0.25, 0.3) is 0 Å². The van der Waals surface area contributed by atoms with Crippen molar-refractivity contribution in [3.63, 3.8) is 0 Å². The average Bonchev–Trinajstić information content (AvgIpc) is 2.47. The van der Waals surface area contributed by atoms with Gasteiger partial charge < -0.3 is 4.74 Å². The molecule has 1 atom stereocenters. The minimum absolute atomic E-state index is 0.152. The van der Waals surface area contributed by atoms with Gasteiger partial charge >= 0.3 is 5.97 Å². The van der Waals surface area contributed by atoms with Gasteiger partial charge in [-0.1, -0.05) is 30.3 Å². The summed E-state index contributed by atoms with van der Waals surface area (Å²) in [5, 5.41) is 8.42. The van der Waals surface area contributed by atoms with Crippen LogP contribution in [0, 0.1) is 17.2 Å². The van der Waals surface area contributed by atoms with E-state index in [-0.39, 0.29) is 6.42 Å². The van der Waals surface area contributed by atoms with Crippen LogP contribution in [0.25, 0.3) is 0 Å². The zero-order valence-electron chi connectivity index (χ0n) is 11.6. The van der Waals surface area contributed by atoms with Gasteiger partial charge in [-0.15, -0.1) is 0 Å². The Kier molecular flexibility index (Phi) is 5.57. The summed E-state index contributed by atoms with van der Waals surface area (Å²) < 4.78 is 5.13. The largest absolute Gasteiger partial charge is 0.465 e. The van der Waals surface area contributed by atoms with Gasteiger partial charge in [-0.3, -0.25) is 9.69 Å². The standard InChI is InChI=1S/C16H20N2O2/c17-9-8-16(19)20-13-15-7-4-10-18(12-15)11-14-5-2-1-3-6-14/h1-3,5-6,15H,4,7-8,10-13H2. The summed E-state index contributed by atoms with van der Waals surface area (Å²) in [4.78, 5) is 13.6. The minimum Gasteiger partial charge on any atom is -0.465 e. The number of nitrogens with zero attached hydrogens (tertiary/aromatic N) is 2. The number of hydrogen-bond donors (Lipinski definition) is 0. The summed E-state index contributed by atoms with van der Waals surface area (Å²) in [5.74, 6) is -0.0252. The first kappa shape index (κ1) is 14.5. The van der Waals surface area contributed by atoms with E-state index in [0.717, 1.165) is 32.5 Å². The van der Waals surface area contributed by atoms with Crippen LogP contribution in [-0.4, -0.2) is 30.6 Å². The summed E-state index contributed by atoms with van der Waals surface area (Å²) in [6, 6.07) is 12.2. The van der Waals surface area contributed by atoms with Crippen LogP contribution in [0.5, 0.6) is 0 Å². The fourth-order valence-corrected chi connectivity index (χ4v) is 2.60. The molecule has 4 nitrogen and oxygen atoms in total. The van der Waals surface area contributed by atoms with Crippen LogP contribution in [0.15, 0.2) is 30.3 Å². The van der Waals surface area contributed by atoms with E-state index in [1.54, 1.807) is 0 Å². The van der Waals surface area contributed by atoms with Crippen molar-refractivity contribution in [1.82, 2.24) is 4.90 Å². The molecule has 0 saturated carbocycles. The number of rotatable bonds is 5. The minimum atomic E-state index is -0.410. The zero-order chi connectivity index (χ0) is 14.2. The molecule has 1 aliphatic rings. The average molecular weight is 272 g/mol. The summed E-state index contributed by atoms with van der Waals surface area (Å²) >= 11 is 0. The molecule has 0 aliphatic carbocycles. The molecule has 1 fully saturated rings. The van der Waals surface area contributed by atoms with E-state index < -0.39 is 5.97 Å². The molecule has 1 heterocycles. The number of piperidine rings is 1. The van der Waals surface area contributed by atoms with E-state index in [4.69, 9.17) is 10.00 Å². The van der Waals surface area contributed by atoms with Gasteiger partial charge in [0.15, 0.2) is 0 Å². The third kappa shape index (κ3) is 4.67. The highest BCUT2D eigenvalue weighted by Gasteiger charge is 2.21. The molecule has 1 unspecified atom stereocenters. The van der Waals surface area contributed by atoms with Crippen LogP contribution in [0.4, 0.5) is 0 Å². The third-order valence-electron chi connectivity index (χ3n) is 3.56. The van der Waals surface area contributed by atoms with Crippen molar-refractivity contribution in [2.24, 2.45) is 5.92 Å². The predicted octanol–water partition coefficient (Wildman–Crippen LogP) is 2.36. The van der Waals surface area contributed by atoms with Gasteiger partial charge in [0.1, 0.15) is 6.42 Å². The van der Waals surface area contributed by atoms with Crippen molar-refractivity contribution >= 4 is 5.97 Å². The van der Waals surface area contributed by atoms with Gasteiger partial charge in [-0.2, -0.15) is 5.26 Å². The summed E-state index contributed by atoms with van der Waals surface area (Å²) in [5.41, 5.74) is 1.31. The quantitative estimate of drug-likeness (QED) is 0.772. The fraction of sp³-hybridized carbons (Fsp3) is 0.500. The first-order chi connectivity index (χ1) is 9.78. The SMILES string of the molecule is N#CCC(=O)OCC1CCCN(Cc2ccccc2)C1. The molecule has 0 amide bonds. The van der Waals surface area contributed by atoms with Crippen molar-refractivity contribution < 1.29 is 9.53 Å². The Labute approximate surface area is 120 Å². The molecule has 106 valence electrons. The van der Waals surface area contributed by atoms with Gasteiger partial charge in [0.2, 0.25) is 0 Å². The Hall–Kier alpha value is -1.86. The molecule has 2 rings (SSSR count). The maximum absolute atomic E-state index is 11.2. The summed E-state index contributed by atoms with van der Waals surface area (Å²) in [7, 11) is 0. The van der Waals surface area contributed by atoms with E-state index in [1.807, 2.05) is 12.1 Å². The molecule has 0 spiro atoms. The first-order valence-electron chi connectivity index (χ1n) is 7.07. The molecule has 20 heavy (non-hydrogen) atoms. The lowest BCUT2D eigenvalue weighted by atomic mass is 9.98. The predicted molar refractivity (Wildman–Crippen MR) is 75.6 cm³/mol. The molecule has 1 aromatic rings. The number of nitriles is 1. The molecule has 1 saturated heterocycles. The molecule has 0 N–H and O–H groups in total. The van der Waals surface area contributed by atoms with Gasteiger partial charge in [0, 0.05) is 19.0 Å². The maximum Gasteiger partial charge on any atom is 0.320 e. The van der Waals surface area contributed by atoms with E-state index in [1.165, 1.54) is 5.56 Å². The van der Waals surface area contributed by atoms with Gasteiger partial charge in [0.05, 0.1) is 12.7 Å². The van der Waals surface area contributed by atoms with Crippen molar-refractivity contribution in [1.29, 1.82) is 5.26 Å². The lowest BCUT2D eigenvalue weighted by Crippen LogP contribution is -2.37. The zero-order valence-corrected chi connectivity index (χ0v) is 11.6. The van der Waals surface area contributed by atoms with Crippen LogP contribution in [0.2, 0.25) is 0 Å². The highest BCUT2D eigenvalue weighted by Crippen LogP contribution is 2.19. The Morgan fingerprint density at radius 2 is 2.20 bits per heavy atom. The van der Waals surface area contributed by atoms with Gasteiger partial charge in [-0.05, 0) is 24.9 Å². The Bertz CT molecular complexity index is 467. The van der Waals surface area contributed by atoms with Crippen LogP contribution in [0.3, 0.4) is 0 Å². The van der Waals surface area contributed by atoms with Crippen molar-refractivity contribution in [2.75, 3.05) is 19.7 Å². The lowest BCUT2D eigenvalue weighted by Gasteiger charge is -2.32. The summed E-state index contributed by atoms with van der Waals surface area (Å²) in [6.07, 6.45) is 2.07. The molecular formula is C16H20N2O2. The molecule has 1 aromatic carbocycles. The van der Waals surface area contributed by atoms with Crippen LogP contribution >= 0.6 is 0 Å². The van der Waals surface area contributed by atoms with Crippen LogP contribution < -0.4 is 0 Å². The topological polar surface area (TPSA) is 53.3 Å². The van der Waals surface area contributed by atoms with Gasteiger partial charge in [-0.25, -0.2) is 0 Å². The van der Waals surface area contributed by atoms with Crippen LogP contribution in [-0.2, 0) is 16.1 Å². The van der Waals surface area contributed by atoms with E-state index in [2.05, 4.69) is 29.2 Å². The van der Waals surface area contributed by atoms with Crippen molar-refractivity contribution in [2.45, 2.75) is 25.8 Å². The normalized spacial score (nSPS) is 19.2. The molecular weight excluding hydrogens is 252 g/mol. The second-order valence-electron chi connectivity index (χ2n) is 5.25. The van der Waals surface area contributed by atoms with E-state index >= 15 is 0 Å². The second-order valence-corrected chi connectivity index (χ2v) is 5.25. The molecule has 0 aromatic heterocycles. The molecule has 4 heteroatoms.